The average Bonchev–Trinajstić information content (AvgIpc) is 3.12. The van der Waals surface area contributed by atoms with E-state index >= 15 is 0 Å². The summed E-state index contributed by atoms with van der Waals surface area (Å²) in [6.45, 7) is 1.42. The van der Waals surface area contributed by atoms with Gasteiger partial charge in [0.1, 0.15) is 5.82 Å². The van der Waals surface area contributed by atoms with Gasteiger partial charge >= 0.3 is 0 Å². The lowest BCUT2D eigenvalue weighted by Crippen LogP contribution is -2.35. The number of rotatable bonds is 5. The van der Waals surface area contributed by atoms with E-state index in [9.17, 15) is 9.18 Å². The Kier molecular flexibility index (Phi) is 4.31. The average molecular weight is 304 g/mol. The lowest BCUT2D eigenvalue weighted by molar-refractivity contribution is -0.119. The summed E-state index contributed by atoms with van der Waals surface area (Å²) < 4.78 is 13.9. The van der Waals surface area contributed by atoms with Crippen molar-refractivity contribution in [3.05, 3.63) is 47.1 Å². The summed E-state index contributed by atoms with van der Waals surface area (Å²) in [6, 6.07) is 9.27. The lowest BCUT2D eigenvalue weighted by atomic mass is 10.1. The van der Waals surface area contributed by atoms with Crippen molar-refractivity contribution in [2.75, 3.05) is 6.54 Å². The summed E-state index contributed by atoms with van der Waals surface area (Å²) in [6.07, 6.45) is 1.50. The second-order valence-corrected chi connectivity index (χ2v) is 6.17. The Hall–Kier alpha value is -1.72. The van der Waals surface area contributed by atoms with E-state index in [4.69, 9.17) is 0 Å². The predicted molar refractivity (Wildman–Crippen MR) is 82.6 cm³/mol. The molecular weight excluding hydrogens is 287 g/mol. The summed E-state index contributed by atoms with van der Waals surface area (Å²) in [7, 11) is 0. The second-order valence-electron chi connectivity index (χ2n) is 5.23. The van der Waals surface area contributed by atoms with Crippen LogP contribution in [0.5, 0.6) is 0 Å². The van der Waals surface area contributed by atoms with Crippen molar-refractivity contribution < 1.29 is 9.18 Å². The van der Waals surface area contributed by atoms with Crippen LogP contribution in [0.1, 0.15) is 18.4 Å². The van der Waals surface area contributed by atoms with Crippen LogP contribution in [0, 0.1) is 5.82 Å². The largest absolute Gasteiger partial charge is 0.352 e. The molecule has 1 amide bonds. The van der Waals surface area contributed by atoms with Gasteiger partial charge in [-0.05, 0) is 35.6 Å². The summed E-state index contributed by atoms with van der Waals surface area (Å²) in [5.41, 5.74) is 1.70. The molecule has 0 radical (unpaired) electrons. The highest BCUT2D eigenvalue weighted by molar-refractivity contribution is 7.13. The summed E-state index contributed by atoms with van der Waals surface area (Å²) in [5, 5.41) is 8.19. The zero-order valence-corrected chi connectivity index (χ0v) is 12.4. The van der Waals surface area contributed by atoms with Gasteiger partial charge in [-0.2, -0.15) is 0 Å². The number of thiophene rings is 1. The number of nitrogens with one attached hydrogen (secondary N) is 2. The normalized spacial score (nSPS) is 18.0. The topological polar surface area (TPSA) is 41.1 Å². The molecule has 1 saturated heterocycles. The molecule has 0 saturated carbocycles. The number of benzene rings is 1. The first-order chi connectivity index (χ1) is 10.2. The van der Waals surface area contributed by atoms with Crippen LogP contribution in [0.4, 0.5) is 4.39 Å². The van der Waals surface area contributed by atoms with E-state index in [1.165, 1.54) is 17.4 Å². The van der Waals surface area contributed by atoms with Gasteiger partial charge in [-0.15, -0.1) is 11.3 Å². The molecule has 1 unspecified atom stereocenters. The summed E-state index contributed by atoms with van der Waals surface area (Å²) >= 11 is 1.54. The van der Waals surface area contributed by atoms with Crippen molar-refractivity contribution in [2.24, 2.45) is 0 Å². The van der Waals surface area contributed by atoms with E-state index < -0.39 is 0 Å². The van der Waals surface area contributed by atoms with Crippen LogP contribution in [-0.2, 0) is 11.3 Å². The lowest BCUT2D eigenvalue weighted by Gasteiger charge is -2.12. The molecule has 2 N–H and O–H groups in total. The molecule has 1 aromatic carbocycles. The van der Waals surface area contributed by atoms with Gasteiger partial charge < -0.3 is 10.6 Å². The predicted octanol–water partition coefficient (Wildman–Crippen LogP) is 2.92. The highest BCUT2D eigenvalue weighted by Crippen LogP contribution is 2.28. The van der Waals surface area contributed by atoms with Gasteiger partial charge in [-0.3, -0.25) is 4.79 Å². The van der Waals surface area contributed by atoms with Gasteiger partial charge in [0.25, 0.3) is 0 Å². The van der Waals surface area contributed by atoms with Crippen LogP contribution in [0.15, 0.2) is 35.7 Å². The Bertz CT molecular complexity index is 627. The molecule has 1 fully saturated rings. The third kappa shape index (κ3) is 3.49. The number of carbonyl (C=O) groups excluding carboxylic acids is 1. The van der Waals surface area contributed by atoms with Crippen molar-refractivity contribution in [1.29, 1.82) is 0 Å². The fraction of sp³-hybridized carbons (Fsp3) is 0.312. The van der Waals surface area contributed by atoms with Crippen molar-refractivity contribution in [2.45, 2.75) is 25.4 Å². The van der Waals surface area contributed by atoms with Gasteiger partial charge in [0.05, 0.1) is 0 Å². The fourth-order valence-corrected chi connectivity index (χ4v) is 3.27. The highest BCUT2D eigenvalue weighted by Gasteiger charge is 2.19. The van der Waals surface area contributed by atoms with Crippen molar-refractivity contribution in [1.82, 2.24) is 10.6 Å². The minimum Gasteiger partial charge on any atom is -0.352 e. The zero-order chi connectivity index (χ0) is 14.7. The van der Waals surface area contributed by atoms with E-state index in [0.717, 1.165) is 23.4 Å². The Balaban J connectivity index is 1.61. The van der Waals surface area contributed by atoms with Crippen molar-refractivity contribution in [3.63, 3.8) is 0 Å². The number of carbonyl (C=O) groups is 1. The molecule has 0 spiro atoms. The maximum Gasteiger partial charge on any atom is 0.220 e. The van der Waals surface area contributed by atoms with E-state index in [2.05, 4.69) is 10.6 Å². The van der Waals surface area contributed by atoms with Crippen LogP contribution in [0.3, 0.4) is 0 Å². The monoisotopic (exact) mass is 304 g/mol. The third-order valence-corrected chi connectivity index (χ3v) is 4.53. The first-order valence-electron chi connectivity index (χ1n) is 7.05. The van der Waals surface area contributed by atoms with Crippen LogP contribution < -0.4 is 10.6 Å². The first-order valence-corrected chi connectivity index (χ1v) is 7.93. The molecule has 3 nitrogen and oxygen atoms in total. The minimum atomic E-state index is -0.191. The minimum absolute atomic E-state index is 0.128. The molecule has 2 heterocycles. The highest BCUT2D eigenvalue weighted by atomic mass is 32.1. The molecule has 1 aromatic heterocycles. The summed E-state index contributed by atoms with van der Waals surface area (Å²) in [4.78, 5) is 12.1. The molecule has 21 heavy (non-hydrogen) atoms. The van der Waals surface area contributed by atoms with Gasteiger partial charge in [-0.25, -0.2) is 4.39 Å². The summed E-state index contributed by atoms with van der Waals surface area (Å²) in [5.74, 6) is -0.0622. The Morgan fingerprint density at radius 1 is 1.38 bits per heavy atom. The first kappa shape index (κ1) is 14.2. The number of halogens is 1. The Morgan fingerprint density at radius 3 is 3.00 bits per heavy atom. The Labute approximate surface area is 127 Å². The maximum atomic E-state index is 13.9. The quantitative estimate of drug-likeness (QED) is 0.892. The maximum absolute atomic E-state index is 13.9. The third-order valence-electron chi connectivity index (χ3n) is 3.62. The molecule has 2 aromatic rings. The van der Waals surface area contributed by atoms with Crippen LogP contribution >= 0.6 is 11.3 Å². The fourth-order valence-electron chi connectivity index (χ4n) is 2.52. The standard InChI is InChI=1S/C16H17FN2OS/c17-14-5-3-11(8-13(14)15-2-1-7-21-15)9-18-10-12-4-6-16(20)19-12/h1-3,5,7-8,12,18H,4,6,9-10H2,(H,19,20). The molecule has 3 rings (SSSR count). The van der Waals surface area contributed by atoms with Gasteiger partial charge in [0.15, 0.2) is 0 Å². The molecule has 110 valence electrons. The van der Waals surface area contributed by atoms with Crippen molar-refractivity contribution >= 4 is 17.2 Å². The molecule has 1 aliphatic rings. The van der Waals surface area contributed by atoms with Crippen LogP contribution in [0.25, 0.3) is 10.4 Å². The van der Waals surface area contributed by atoms with E-state index in [1.54, 1.807) is 6.07 Å². The van der Waals surface area contributed by atoms with Gasteiger partial charge in [-0.1, -0.05) is 12.1 Å². The molecule has 1 aliphatic heterocycles. The van der Waals surface area contributed by atoms with E-state index in [-0.39, 0.29) is 17.8 Å². The van der Waals surface area contributed by atoms with Crippen LogP contribution in [0.2, 0.25) is 0 Å². The molecule has 5 heteroatoms. The molecule has 0 bridgehead atoms. The number of amides is 1. The Morgan fingerprint density at radius 2 is 2.29 bits per heavy atom. The van der Waals surface area contributed by atoms with Crippen molar-refractivity contribution in [3.8, 4) is 10.4 Å². The SMILES string of the molecule is O=C1CCC(CNCc2ccc(F)c(-c3cccs3)c2)N1. The van der Waals surface area contributed by atoms with Crippen LogP contribution in [-0.4, -0.2) is 18.5 Å². The smallest absolute Gasteiger partial charge is 0.220 e. The second kappa shape index (κ2) is 6.37. The molecule has 1 atom stereocenters. The van der Waals surface area contributed by atoms with E-state index in [0.29, 0.717) is 18.5 Å². The van der Waals surface area contributed by atoms with E-state index in [1.807, 2.05) is 23.6 Å². The van der Waals surface area contributed by atoms with Gasteiger partial charge in [0, 0.05) is 36.0 Å². The zero-order valence-electron chi connectivity index (χ0n) is 11.6. The molecule has 0 aliphatic carbocycles. The number of hydrogen-bond acceptors (Lipinski definition) is 3. The number of hydrogen-bond donors (Lipinski definition) is 2. The van der Waals surface area contributed by atoms with Gasteiger partial charge in [0.2, 0.25) is 5.91 Å². The molecular formula is C16H17FN2OS.